The minimum atomic E-state index is -0.845. The quantitative estimate of drug-likeness (QED) is 0.332. The molecule has 1 aromatic heterocycles. The first-order valence-electron chi connectivity index (χ1n) is 14.3. The lowest BCUT2D eigenvalue weighted by Gasteiger charge is -2.35. The van der Waals surface area contributed by atoms with Crippen molar-refractivity contribution in [3.63, 3.8) is 0 Å². The van der Waals surface area contributed by atoms with Gasteiger partial charge < -0.3 is 24.3 Å². The highest BCUT2D eigenvalue weighted by molar-refractivity contribution is 5.97. The van der Waals surface area contributed by atoms with Crippen LogP contribution in [-0.4, -0.2) is 47.9 Å². The number of esters is 2. The van der Waals surface area contributed by atoms with Crippen LogP contribution in [0.4, 0.5) is 0 Å². The third-order valence-electron chi connectivity index (χ3n) is 7.73. The van der Waals surface area contributed by atoms with E-state index in [0.29, 0.717) is 12.3 Å². The fourth-order valence-corrected chi connectivity index (χ4v) is 5.74. The first-order chi connectivity index (χ1) is 19.4. The molecule has 0 bridgehead atoms. The van der Waals surface area contributed by atoms with Crippen molar-refractivity contribution in [2.24, 2.45) is 11.8 Å². The molecule has 40 heavy (non-hydrogen) atoms. The number of para-hydroxylation sites is 1. The van der Waals surface area contributed by atoms with Crippen LogP contribution in [0.3, 0.4) is 0 Å². The Kier molecular flexibility index (Phi) is 10.8. The number of hydrogen-bond acceptors (Lipinski definition) is 8. The summed E-state index contributed by atoms with van der Waals surface area (Å²) >= 11 is 0. The third kappa shape index (κ3) is 8.44. The third-order valence-corrected chi connectivity index (χ3v) is 7.73. The topological polar surface area (TPSA) is 113 Å². The molecule has 0 radical (unpaired) electrons. The van der Waals surface area contributed by atoms with Crippen LogP contribution in [0.2, 0.25) is 0 Å². The average Bonchev–Trinajstić information content (AvgIpc) is 3.46. The molecule has 1 aliphatic carbocycles. The molecule has 9 heteroatoms. The summed E-state index contributed by atoms with van der Waals surface area (Å²) in [6.07, 6.45) is 9.86. The number of pyridine rings is 1. The number of carbonyl (C=O) groups is 3. The summed E-state index contributed by atoms with van der Waals surface area (Å²) in [5.41, 5.74) is -0.00508. The lowest BCUT2D eigenvalue weighted by Crippen LogP contribution is -2.47. The monoisotopic (exact) mass is 552 g/mol. The zero-order chi connectivity index (χ0) is 28.3. The van der Waals surface area contributed by atoms with Crippen molar-refractivity contribution in [1.82, 2.24) is 10.3 Å². The molecule has 4 rings (SSSR count). The zero-order valence-corrected chi connectivity index (χ0v) is 23.4. The summed E-state index contributed by atoms with van der Waals surface area (Å²) in [5, 5.41) is 2.79. The number of ether oxygens (including phenoxy) is 4. The van der Waals surface area contributed by atoms with E-state index in [-0.39, 0.29) is 30.3 Å². The van der Waals surface area contributed by atoms with E-state index >= 15 is 0 Å². The average molecular weight is 553 g/mol. The minimum Gasteiger partial charge on any atom is -0.486 e. The first-order valence-corrected chi connectivity index (χ1v) is 14.3. The summed E-state index contributed by atoms with van der Waals surface area (Å²) in [7, 11) is 0. The summed E-state index contributed by atoms with van der Waals surface area (Å²) in [6.45, 7) is 2.79. The largest absolute Gasteiger partial charge is 0.486 e. The van der Waals surface area contributed by atoms with Crippen molar-refractivity contribution in [3.8, 4) is 11.5 Å². The van der Waals surface area contributed by atoms with Crippen molar-refractivity contribution in [2.45, 2.75) is 89.9 Å². The summed E-state index contributed by atoms with van der Waals surface area (Å²) in [5.74, 6) is 0.277. The van der Waals surface area contributed by atoms with Crippen molar-refractivity contribution >= 4 is 17.8 Å². The molecular formula is C31H40N2O7. The highest BCUT2D eigenvalue weighted by Crippen LogP contribution is 2.36. The van der Waals surface area contributed by atoms with Crippen molar-refractivity contribution in [1.29, 1.82) is 0 Å². The van der Waals surface area contributed by atoms with Gasteiger partial charge in [-0.05, 0) is 62.3 Å². The highest BCUT2D eigenvalue weighted by atomic mass is 16.7. The molecule has 1 aliphatic heterocycles. The molecule has 1 saturated carbocycles. The van der Waals surface area contributed by atoms with Crippen LogP contribution < -0.4 is 14.8 Å². The summed E-state index contributed by atoms with van der Waals surface area (Å²) in [4.78, 5) is 41.7. The molecule has 1 aromatic carbocycles. The van der Waals surface area contributed by atoms with Crippen molar-refractivity contribution < 1.29 is 33.3 Å². The van der Waals surface area contributed by atoms with E-state index in [9.17, 15) is 14.4 Å². The van der Waals surface area contributed by atoms with Gasteiger partial charge in [0.1, 0.15) is 24.0 Å². The second-order valence-corrected chi connectivity index (χ2v) is 10.7. The Bertz CT molecular complexity index is 1120. The van der Waals surface area contributed by atoms with Crippen molar-refractivity contribution in [3.05, 3.63) is 54.4 Å². The van der Waals surface area contributed by atoms with E-state index in [1.165, 1.54) is 38.8 Å². The number of carbonyl (C=O) groups excluding carboxylic acids is 3. The lowest BCUT2D eigenvalue weighted by molar-refractivity contribution is -0.158. The number of hydrogen-bond donors (Lipinski definition) is 1. The number of amides is 1. The number of benzene rings is 1. The molecule has 0 unspecified atom stereocenters. The van der Waals surface area contributed by atoms with E-state index < -0.39 is 30.0 Å². The van der Waals surface area contributed by atoms with Gasteiger partial charge in [0, 0.05) is 13.1 Å². The van der Waals surface area contributed by atoms with Gasteiger partial charge in [0.2, 0.25) is 6.79 Å². The van der Waals surface area contributed by atoms with E-state index in [2.05, 4.69) is 10.3 Å². The Balaban J connectivity index is 1.47. The highest BCUT2D eigenvalue weighted by Gasteiger charge is 2.36. The van der Waals surface area contributed by atoms with Crippen LogP contribution in [0, 0.1) is 11.8 Å². The normalized spacial score (nSPS) is 24.0. The SMILES string of the molecule is CC(=O)OCOc1cccnc1C(=O)N[C@H]1CCCC[C@H](CC2CCCC2)[C@@H](Oc2ccccc2)[C@H](C)OC1=O. The second kappa shape index (κ2) is 14.7. The van der Waals surface area contributed by atoms with Gasteiger partial charge in [0.15, 0.2) is 11.4 Å². The smallest absolute Gasteiger partial charge is 0.329 e. The van der Waals surface area contributed by atoms with Crippen LogP contribution >= 0.6 is 0 Å². The second-order valence-electron chi connectivity index (χ2n) is 10.7. The number of nitrogens with zero attached hydrogens (tertiary/aromatic N) is 1. The molecule has 2 heterocycles. The van der Waals surface area contributed by atoms with Gasteiger partial charge in [-0.2, -0.15) is 0 Å². The fourth-order valence-electron chi connectivity index (χ4n) is 5.74. The minimum absolute atomic E-state index is 0.00508. The summed E-state index contributed by atoms with van der Waals surface area (Å²) < 4.78 is 22.7. The standard InChI is InChI=1S/C31H40N2O7/c1-21-29(40-25-14-4-3-5-15-25)24(19-23-11-6-7-12-23)13-8-9-16-26(31(36)39-21)33-30(35)28-27(17-10-18-32-28)38-20-37-22(2)34/h3-5,10,14-15,17-18,21,23-24,26,29H,6-9,11-13,16,19-20H2,1-2H3,(H,33,35)/t21-,24+,26-,29-/m0/s1. The summed E-state index contributed by atoms with van der Waals surface area (Å²) in [6, 6.07) is 12.0. The van der Waals surface area contributed by atoms with Gasteiger partial charge in [0.05, 0.1) is 0 Å². The van der Waals surface area contributed by atoms with Crippen LogP contribution in [0.15, 0.2) is 48.7 Å². The van der Waals surface area contributed by atoms with Gasteiger partial charge in [-0.15, -0.1) is 0 Å². The number of nitrogens with one attached hydrogen (secondary N) is 1. The molecule has 1 amide bonds. The molecule has 9 nitrogen and oxygen atoms in total. The van der Waals surface area contributed by atoms with Gasteiger partial charge in [0.25, 0.3) is 5.91 Å². The van der Waals surface area contributed by atoms with Gasteiger partial charge in [-0.1, -0.05) is 56.7 Å². The number of rotatable bonds is 9. The van der Waals surface area contributed by atoms with E-state index in [4.69, 9.17) is 18.9 Å². The van der Waals surface area contributed by atoms with Gasteiger partial charge >= 0.3 is 11.9 Å². The predicted molar refractivity (Wildman–Crippen MR) is 148 cm³/mol. The van der Waals surface area contributed by atoms with Crippen LogP contribution in [0.5, 0.6) is 11.5 Å². The first kappa shape index (κ1) is 29.4. The fraction of sp³-hybridized carbons (Fsp3) is 0.548. The Morgan fingerprint density at radius 3 is 2.48 bits per heavy atom. The zero-order valence-electron chi connectivity index (χ0n) is 23.4. The Labute approximate surface area is 235 Å². The van der Waals surface area contributed by atoms with Crippen molar-refractivity contribution in [2.75, 3.05) is 6.79 Å². The Hall–Kier alpha value is -3.62. The van der Waals surface area contributed by atoms with E-state index in [1.807, 2.05) is 37.3 Å². The molecule has 0 spiro atoms. The maximum Gasteiger partial charge on any atom is 0.329 e. The van der Waals surface area contributed by atoms with E-state index in [0.717, 1.165) is 31.4 Å². The van der Waals surface area contributed by atoms with Crippen LogP contribution in [0.25, 0.3) is 0 Å². The molecule has 2 aromatic rings. The van der Waals surface area contributed by atoms with Crippen LogP contribution in [0.1, 0.15) is 82.1 Å². The maximum absolute atomic E-state index is 13.4. The number of aromatic nitrogens is 1. The Morgan fingerprint density at radius 2 is 1.73 bits per heavy atom. The molecule has 2 fully saturated rings. The molecular weight excluding hydrogens is 512 g/mol. The van der Waals surface area contributed by atoms with Gasteiger partial charge in [-0.25, -0.2) is 9.78 Å². The molecule has 216 valence electrons. The van der Waals surface area contributed by atoms with E-state index in [1.54, 1.807) is 12.1 Å². The maximum atomic E-state index is 13.4. The van der Waals surface area contributed by atoms with Crippen LogP contribution in [-0.2, 0) is 19.1 Å². The molecule has 1 saturated heterocycles. The van der Waals surface area contributed by atoms with Gasteiger partial charge in [-0.3, -0.25) is 9.59 Å². The lowest BCUT2D eigenvalue weighted by atomic mass is 9.83. The molecule has 2 aliphatic rings. The number of cyclic esters (lactones) is 1. The predicted octanol–water partition coefficient (Wildman–Crippen LogP) is 5.23. The Morgan fingerprint density at radius 1 is 1.00 bits per heavy atom. The molecule has 4 atom stereocenters. The molecule has 1 N–H and O–H groups in total.